The van der Waals surface area contributed by atoms with Gasteiger partial charge in [-0.05, 0) is 30.3 Å². The summed E-state index contributed by atoms with van der Waals surface area (Å²) >= 11 is 0. The quantitative estimate of drug-likeness (QED) is 0.656. The summed E-state index contributed by atoms with van der Waals surface area (Å²) < 4.78 is 38.2. The molecule has 0 aromatic heterocycles. The molecule has 0 saturated heterocycles. The van der Waals surface area contributed by atoms with Gasteiger partial charge in [0, 0.05) is 22.5 Å². The van der Waals surface area contributed by atoms with Crippen LogP contribution in [0.5, 0.6) is 0 Å². The number of alkyl halides is 3. The molecule has 0 atom stereocenters. The van der Waals surface area contributed by atoms with Crippen LogP contribution in [0.2, 0.25) is 0 Å². The van der Waals surface area contributed by atoms with E-state index in [0.717, 1.165) is 12.1 Å². The van der Waals surface area contributed by atoms with E-state index < -0.39 is 23.2 Å². The third-order valence-electron chi connectivity index (χ3n) is 2.77. The Morgan fingerprint density at radius 3 is 2.20 bits per heavy atom. The minimum atomic E-state index is -4.60. The molecule has 2 rings (SSSR count). The summed E-state index contributed by atoms with van der Waals surface area (Å²) in [4.78, 5) is 12.1. The predicted octanol–water partition coefficient (Wildman–Crippen LogP) is 3.10. The van der Waals surface area contributed by atoms with E-state index in [-0.39, 0.29) is 11.1 Å². The standard InChI is InChI=1S/C14H11F3N2O/c15-14(16,17)11-7-9(4-5-12(11)19)13(20)8-2-1-3-10(18)6-8/h1-7H,18-19H2. The zero-order valence-electron chi connectivity index (χ0n) is 10.2. The predicted molar refractivity (Wildman–Crippen MR) is 70.1 cm³/mol. The summed E-state index contributed by atoms with van der Waals surface area (Å²) in [5.74, 6) is -0.539. The number of ketones is 1. The van der Waals surface area contributed by atoms with E-state index in [1.165, 1.54) is 18.2 Å². The molecule has 0 saturated carbocycles. The molecule has 20 heavy (non-hydrogen) atoms. The molecule has 0 heterocycles. The van der Waals surface area contributed by atoms with E-state index in [0.29, 0.717) is 5.69 Å². The number of hydrogen-bond acceptors (Lipinski definition) is 3. The van der Waals surface area contributed by atoms with Gasteiger partial charge in [0.05, 0.1) is 5.56 Å². The van der Waals surface area contributed by atoms with Gasteiger partial charge in [-0.15, -0.1) is 0 Å². The fraction of sp³-hybridized carbons (Fsp3) is 0.0714. The zero-order chi connectivity index (χ0) is 14.9. The van der Waals surface area contributed by atoms with E-state index in [1.54, 1.807) is 12.1 Å². The molecule has 0 bridgehead atoms. The normalized spacial score (nSPS) is 11.3. The molecule has 0 unspecified atom stereocenters. The molecule has 2 aromatic rings. The number of benzene rings is 2. The second-order valence-corrected chi connectivity index (χ2v) is 4.25. The molecule has 0 amide bonds. The van der Waals surface area contributed by atoms with Gasteiger partial charge < -0.3 is 11.5 Å². The van der Waals surface area contributed by atoms with Crippen LogP contribution in [-0.2, 0) is 6.18 Å². The summed E-state index contributed by atoms with van der Waals surface area (Å²) in [6.45, 7) is 0. The van der Waals surface area contributed by atoms with E-state index in [1.807, 2.05) is 0 Å². The highest BCUT2D eigenvalue weighted by atomic mass is 19.4. The van der Waals surface area contributed by atoms with Gasteiger partial charge in [-0.1, -0.05) is 12.1 Å². The van der Waals surface area contributed by atoms with Crippen molar-refractivity contribution in [2.45, 2.75) is 6.18 Å². The monoisotopic (exact) mass is 280 g/mol. The van der Waals surface area contributed by atoms with Crippen molar-refractivity contribution in [2.24, 2.45) is 0 Å². The Balaban J connectivity index is 2.46. The van der Waals surface area contributed by atoms with Gasteiger partial charge in [0.25, 0.3) is 0 Å². The van der Waals surface area contributed by atoms with Crippen LogP contribution in [0.25, 0.3) is 0 Å². The third kappa shape index (κ3) is 2.74. The third-order valence-corrected chi connectivity index (χ3v) is 2.77. The van der Waals surface area contributed by atoms with Crippen LogP contribution < -0.4 is 11.5 Å². The first kappa shape index (κ1) is 13.9. The van der Waals surface area contributed by atoms with Crippen LogP contribution in [0.3, 0.4) is 0 Å². The molecule has 0 aliphatic carbocycles. The van der Waals surface area contributed by atoms with Gasteiger partial charge in [0.15, 0.2) is 5.78 Å². The van der Waals surface area contributed by atoms with Crippen LogP contribution in [-0.4, -0.2) is 5.78 Å². The zero-order valence-corrected chi connectivity index (χ0v) is 10.2. The van der Waals surface area contributed by atoms with E-state index in [2.05, 4.69) is 0 Å². The Kier molecular flexibility index (Phi) is 3.40. The summed E-state index contributed by atoms with van der Waals surface area (Å²) in [5, 5.41) is 0. The number of hydrogen-bond donors (Lipinski definition) is 2. The van der Waals surface area contributed by atoms with Gasteiger partial charge >= 0.3 is 6.18 Å². The number of carbonyl (C=O) groups is 1. The lowest BCUT2D eigenvalue weighted by molar-refractivity contribution is -0.136. The molecule has 104 valence electrons. The molecular weight excluding hydrogens is 269 g/mol. The molecule has 0 radical (unpaired) electrons. The molecule has 0 aliphatic heterocycles. The van der Waals surface area contributed by atoms with Crippen LogP contribution in [0, 0.1) is 0 Å². The Bertz CT molecular complexity index is 666. The summed E-state index contributed by atoms with van der Waals surface area (Å²) in [7, 11) is 0. The lowest BCUT2D eigenvalue weighted by Crippen LogP contribution is -2.11. The molecule has 0 spiro atoms. The summed E-state index contributed by atoms with van der Waals surface area (Å²) in [5.41, 5.74) is 9.90. The molecule has 3 nitrogen and oxygen atoms in total. The van der Waals surface area contributed by atoms with Gasteiger partial charge in [-0.2, -0.15) is 13.2 Å². The lowest BCUT2D eigenvalue weighted by Gasteiger charge is -2.11. The fourth-order valence-corrected chi connectivity index (χ4v) is 1.79. The van der Waals surface area contributed by atoms with Gasteiger partial charge in [-0.3, -0.25) is 4.79 Å². The van der Waals surface area contributed by atoms with E-state index in [4.69, 9.17) is 11.5 Å². The highest BCUT2D eigenvalue weighted by Crippen LogP contribution is 2.34. The van der Waals surface area contributed by atoms with Crippen LogP contribution in [0.1, 0.15) is 21.5 Å². The number of carbonyl (C=O) groups excluding carboxylic acids is 1. The topological polar surface area (TPSA) is 69.1 Å². The van der Waals surface area contributed by atoms with Crippen molar-refractivity contribution in [2.75, 3.05) is 11.5 Å². The van der Waals surface area contributed by atoms with Gasteiger partial charge in [0.1, 0.15) is 0 Å². The maximum atomic E-state index is 12.7. The fourth-order valence-electron chi connectivity index (χ4n) is 1.79. The average Bonchev–Trinajstić information content (AvgIpc) is 2.37. The van der Waals surface area contributed by atoms with Crippen molar-refractivity contribution < 1.29 is 18.0 Å². The van der Waals surface area contributed by atoms with Crippen molar-refractivity contribution in [1.29, 1.82) is 0 Å². The Morgan fingerprint density at radius 2 is 1.60 bits per heavy atom. The number of rotatable bonds is 2. The molecule has 4 N–H and O–H groups in total. The van der Waals surface area contributed by atoms with Crippen molar-refractivity contribution in [3.63, 3.8) is 0 Å². The highest BCUT2D eigenvalue weighted by molar-refractivity contribution is 6.09. The maximum Gasteiger partial charge on any atom is 0.418 e. The van der Waals surface area contributed by atoms with Gasteiger partial charge in [0.2, 0.25) is 0 Å². The second kappa shape index (κ2) is 4.88. The largest absolute Gasteiger partial charge is 0.418 e. The van der Waals surface area contributed by atoms with Crippen molar-refractivity contribution in [1.82, 2.24) is 0 Å². The molecule has 0 aliphatic rings. The minimum Gasteiger partial charge on any atom is -0.399 e. The molecular formula is C14H11F3N2O. The van der Waals surface area contributed by atoms with Crippen molar-refractivity contribution in [3.05, 3.63) is 59.2 Å². The summed E-state index contributed by atoms with van der Waals surface area (Å²) in [6.07, 6.45) is -4.60. The summed E-state index contributed by atoms with van der Waals surface area (Å²) in [6, 6.07) is 9.12. The van der Waals surface area contributed by atoms with Crippen LogP contribution >= 0.6 is 0 Å². The first-order valence-electron chi connectivity index (χ1n) is 5.66. The van der Waals surface area contributed by atoms with Crippen LogP contribution in [0.4, 0.5) is 24.5 Å². The maximum absolute atomic E-state index is 12.7. The Labute approximate surface area is 113 Å². The first-order chi connectivity index (χ1) is 9.29. The Morgan fingerprint density at radius 1 is 0.950 bits per heavy atom. The molecule has 0 fully saturated rings. The Hall–Kier alpha value is -2.50. The SMILES string of the molecule is Nc1cccc(C(=O)c2ccc(N)c(C(F)(F)F)c2)c1. The van der Waals surface area contributed by atoms with E-state index in [9.17, 15) is 18.0 Å². The minimum absolute atomic E-state index is 0.0860. The number of halogens is 3. The number of nitrogens with two attached hydrogens (primary N) is 2. The van der Waals surface area contributed by atoms with Crippen molar-refractivity contribution in [3.8, 4) is 0 Å². The number of anilines is 2. The first-order valence-corrected chi connectivity index (χ1v) is 5.66. The van der Waals surface area contributed by atoms with E-state index >= 15 is 0 Å². The second-order valence-electron chi connectivity index (χ2n) is 4.25. The molecule has 2 aromatic carbocycles. The van der Waals surface area contributed by atoms with Crippen molar-refractivity contribution >= 4 is 17.2 Å². The molecule has 6 heteroatoms. The number of nitrogen functional groups attached to an aromatic ring is 2. The highest BCUT2D eigenvalue weighted by Gasteiger charge is 2.33. The smallest absolute Gasteiger partial charge is 0.399 e. The lowest BCUT2D eigenvalue weighted by atomic mass is 10.00. The van der Waals surface area contributed by atoms with Gasteiger partial charge in [-0.25, -0.2) is 0 Å². The van der Waals surface area contributed by atoms with Crippen LogP contribution in [0.15, 0.2) is 42.5 Å². The average molecular weight is 280 g/mol.